The number of H-pyrrole nitrogens is 1. The van der Waals surface area contributed by atoms with E-state index in [4.69, 9.17) is 0 Å². The number of thioether (sulfide) groups is 2. The second-order valence-electron chi connectivity index (χ2n) is 5.83. The van der Waals surface area contributed by atoms with Gasteiger partial charge in [0.05, 0.1) is 24.4 Å². The van der Waals surface area contributed by atoms with Crippen molar-refractivity contribution in [1.29, 1.82) is 0 Å². The monoisotopic (exact) mass is 408 g/mol. The maximum Gasteiger partial charge on any atom is 0.262 e. The molecule has 0 aromatic carbocycles. The number of carbonyl (C=O) groups excluding carboxylic acids is 1. The number of ketones is 1. The lowest BCUT2D eigenvalue weighted by Crippen LogP contribution is -2.12. The molecule has 11 heteroatoms. The molecule has 1 saturated carbocycles. The Bertz CT molecular complexity index is 1010. The van der Waals surface area contributed by atoms with E-state index in [1.807, 2.05) is 11.6 Å². The summed E-state index contributed by atoms with van der Waals surface area (Å²) in [6.45, 7) is 2.05. The van der Waals surface area contributed by atoms with Crippen LogP contribution in [-0.2, 0) is 11.2 Å². The molecule has 0 unspecified atom stereocenters. The predicted octanol–water partition coefficient (Wildman–Crippen LogP) is 2.32. The Morgan fingerprint density at radius 2 is 2.23 bits per heavy atom. The minimum absolute atomic E-state index is 0.0256. The first-order valence-electron chi connectivity index (χ1n) is 8.21. The zero-order chi connectivity index (χ0) is 18.1. The van der Waals surface area contributed by atoms with Crippen molar-refractivity contribution >= 4 is 51.7 Å². The number of hydrogen-bond acceptors (Lipinski definition) is 9. The molecule has 0 atom stereocenters. The van der Waals surface area contributed by atoms with Crippen LogP contribution < -0.4 is 5.56 Å². The van der Waals surface area contributed by atoms with Crippen LogP contribution in [-0.4, -0.2) is 47.2 Å². The molecule has 1 N–H and O–H groups in total. The van der Waals surface area contributed by atoms with Crippen LogP contribution in [0.25, 0.3) is 11.0 Å². The first-order chi connectivity index (χ1) is 12.6. The number of aromatic amines is 1. The van der Waals surface area contributed by atoms with Crippen LogP contribution in [0.15, 0.2) is 20.5 Å². The molecular weight excluding hydrogens is 392 g/mol. The Balaban J connectivity index is 1.42. The quantitative estimate of drug-likeness (QED) is 0.447. The van der Waals surface area contributed by atoms with Gasteiger partial charge in [0, 0.05) is 0 Å². The molecule has 3 heterocycles. The normalized spacial score (nSPS) is 14.2. The summed E-state index contributed by atoms with van der Waals surface area (Å²) in [4.78, 5) is 31.6. The van der Waals surface area contributed by atoms with Gasteiger partial charge in [-0.1, -0.05) is 41.8 Å². The van der Waals surface area contributed by atoms with Crippen molar-refractivity contribution in [3.05, 3.63) is 21.6 Å². The van der Waals surface area contributed by atoms with E-state index in [1.54, 1.807) is 18.0 Å². The molecule has 3 aromatic rings. The van der Waals surface area contributed by atoms with Gasteiger partial charge >= 0.3 is 0 Å². The van der Waals surface area contributed by atoms with Gasteiger partial charge in [0.15, 0.2) is 15.1 Å². The maximum atomic E-state index is 12.2. The number of fused-ring (bicyclic) bond motifs is 1. The Kier molecular flexibility index (Phi) is 5.09. The number of aromatic nitrogens is 6. The molecule has 0 aliphatic heterocycles. The Morgan fingerprint density at radius 3 is 3.00 bits per heavy atom. The first-order valence-corrected chi connectivity index (χ1v) is 11.0. The Labute approximate surface area is 161 Å². The van der Waals surface area contributed by atoms with Gasteiger partial charge in [0.2, 0.25) is 0 Å². The fourth-order valence-corrected chi connectivity index (χ4v) is 4.97. The summed E-state index contributed by atoms with van der Waals surface area (Å²) in [6, 6.07) is 0.342. The number of Topliss-reactive ketones (excluding diaryl/α,β-unsaturated/α-hetero) is 1. The molecule has 0 bridgehead atoms. The molecule has 0 radical (unpaired) electrons. The SMILES string of the molecule is CCSc1nnc(CC(=O)CSc2nc3c(cnn3C3CC3)c(=O)[nH]2)s1. The molecule has 136 valence electrons. The Morgan fingerprint density at radius 1 is 1.38 bits per heavy atom. The lowest BCUT2D eigenvalue weighted by molar-refractivity contribution is -0.116. The highest BCUT2D eigenvalue weighted by Crippen LogP contribution is 2.35. The zero-order valence-electron chi connectivity index (χ0n) is 14.0. The fraction of sp³-hybridized carbons (Fsp3) is 0.467. The molecule has 8 nitrogen and oxygen atoms in total. The summed E-state index contributed by atoms with van der Waals surface area (Å²) < 4.78 is 2.69. The lowest BCUT2D eigenvalue weighted by Gasteiger charge is -2.02. The molecular formula is C15H16N6O2S3. The largest absolute Gasteiger partial charge is 0.301 e. The maximum absolute atomic E-state index is 12.2. The second kappa shape index (κ2) is 7.49. The van der Waals surface area contributed by atoms with E-state index in [2.05, 4.69) is 25.3 Å². The molecule has 0 spiro atoms. The van der Waals surface area contributed by atoms with Crippen molar-refractivity contribution in [2.75, 3.05) is 11.5 Å². The van der Waals surface area contributed by atoms with E-state index < -0.39 is 0 Å². The minimum atomic E-state index is -0.220. The van der Waals surface area contributed by atoms with Gasteiger partial charge in [-0.15, -0.1) is 10.2 Å². The van der Waals surface area contributed by atoms with Crippen LogP contribution in [0.3, 0.4) is 0 Å². The van der Waals surface area contributed by atoms with Gasteiger partial charge in [-0.25, -0.2) is 9.67 Å². The van der Waals surface area contributed by atoms with Crippen LogP contribution in [0.2, 0.25) is 0 Å². The van der Waals surface area contributed by atoms with Crippen molar-refractivity contribution in [2.24, 2.45) is 0 Å². The summed E-state index contributed by atoms with van der Waals surface area (Å²) in [7, 11) is 0. The topological polar surface area (TPSA) is 106 Å². The van der Waals surface area contributed by atoms with Crippen molar-refractivity contribution in [2.45, 2.75) is 41.7 Å². The number of hydrogen-bond donors (Lipinski definition) is 1. The average Bonchev–Trinajstić information content (AvgIpc) is 3.22. The molecule has 1 aliphatic rings. The molecule has 0 saturated heterocycles. The highest BCUT2D eigenvalue weighted by molar-refractivity contribution is 8.01. The smallest absolute Gasteiger partial charge is 0.262 e. The number of nitrogens with one attached hydrogen (secondary N) is 1. The molecule has 0 amide bonds. The van der Waals surface area contributed by atoms with Crippen LogP contribution >= 0.6 is 34.9 Å². The van der Waals surface area contributed by atoms with Gasteiger partial charge in [-0.05, 0) is 18.6 Å². The third-order valence-corrected chi connectivity index (χ3v) is 6.64. The van der Waals surface area contributed by atoms with E-state index in [9.17, 15) is 9.59 Å². The van der Waals surface area contributed by atoms with Gasteiger partial charge in [0.1, 0.15) is 16.2 Å². The van der Waals surface area contributed by atoms with Crippen molar-refractivity contribution in [1.82, 2.24) is 29.9 Å². The predicted molar refractivity (Wildman–Crippen MR) is 102 cm³/mol. The number of carbonyl (C=O) groups is 1. The summed E-state index contributed by atoms with van der Waals surface area (Å²) >= 11 is 4.30. The summed E-state index contributed by atoms with van der Waals surface area (Å²) in [5.74, 6) is 1.18. The average molecular weight is 409 g/mol. The summed E-state index contributed by atoms with van der Waals surface area (Å²) in [5.41, 5.74) is 0.374. The van der Waals surface area contributed by atoms with Gasteiger partial charge < -0.3 is 4.98 Å². The Hall–Kier alpha value is -1.72. The minimum Gasteiger partial charge on any atom is -0.301 e. The van der Waals surface area contributed by atoms with E-state index in [0.717, 1.165) is 27.9 Å². The van der Waals surface area contributed by atoms with Crippen LogP contribution in [0.1, 0.15) is 30.8 Å². The standard InChI is InChI=1S/C15H16N6O2S3/c1-2-24-15-20-19-11(26-15)5-9(22)7-25-14-17-12-10(13(23)18-14)6-16-21(12)8-3-4-8/h6,8H,2-5,7H2,1H3,(H,17,18,23). The van der Waals surface area contributed by atoms with Gasteiger partial charge in [0.25, 0.3) is 5.56 Å². The highest BCUT2D eigenvalue weighted by Gasteiger charge is 2.27. The third kappa shape index (κ3) is 3.84. The van der Waals surface area contributed by atoms with Crippen LogP contribution in [0, 0.1) is 0 Å². The lowest BCUT2D eigenvalue weighted by atomic mass is 10.3. The zero-order valence-corrected chi connectivity index (χ0v) is 16.4. The second-order valence-corrected chi connectivity index (χ2v) is 9.36. The van der Waals surface area contributed by atoms with Crippen LogP contribution in [0.4, 0.5) is 0 Å². The molecule has 26 heavy (non-hydrogen) atoms. The molecule has 1 fully saturated rings. The summed E-state index contributed by atoms with van der Waals surface area (Å²) in [6.07, 6.45) is 3.93. The first kappa shape index (κ1) is 17.7. The van der Waals surface area contributed by atoms with Crippen molar-refractivity contribution in [3.8, 4) is 0 Å². The molecule has 4 rings (SSSR count). The van der Waals surface area contributed by atoms with E-state index in [1.165, 1.54) is 23.1 Å². The number of nitrogens with zero attached hydrogens (tertiary/aromatic N) is 5. The fourth-order valence-electron chi connectivity index (χ4n) is 2.43. The van der Waals surface area contributed by atoms with E-state index in [-0.39, 0.29) is 23.5 Å². The third-order valence-electron chi connectivity index (χ3n) is 3.77. The van der Waals surface area contributed by atoms with Gasteiger partial charge in [-0.3, -0.25) is 9.59 Å². The van der Waals surface area contributed by atoms with Crippen molar-refractivity contribution in [3.63, 3.8) is 0 Å². The van der Waals surface area contributed by atoms with E-state index in [0.29, 0.717) is 22.2 Å². The van der Waals surface area contributed by atoms with Crippen molar-refractivity contribution < 1.29 is 4.79 Å². The molecule has 1 aliphatic carbocycles. The van der Waals surface area contributed by atoms with Gasteiger partial charge in [-0.2, -0.15) is 5.10 Å². The van der Waals surface area contributed by atoms with E-state index >= 15 is 0 Å². The number of rotatable bonds is 8. The highest BCUT2D eigenvalue weighted by atomic mass is 32.2. The van der Waals surface area contributed by atoms with Crippen LogP contribution in [0.5, 0.6) is 0 Å². The molecule has 3 aromatic heterocycles. The summed E-state index contributed by atoms with van der Waals surface area (Å²) in [5, 5.41) is 14.0.